The monoisotopic (exact) mass is 425 g/mol. The molecule has 2 aromatic heterocycles. The molecule has 0 aliphatic heterocycles. The normalized spacial score (nSPS) is 14.1. The highest BCUT2D eigenvalue weighted by Crippen LogP contribution is 2.21. The summed E-state index contributed by atoms with van der Waals surface area (Å²) in [7, 11) is 0. The number of rotatable bonds is 11. The Morgan fingerprint density at radius 1 is 0.871 bits per heavy atom. The van der Waals surface area contributed by atoms with Gasteiger partial charge in [-0.05, 0) is 71.7 Å². The van der Waals surface area contributed by atoms with E-state index in [0.717, 1.165) is 18.5 Å². The summed E-state index contributed by atoms with van der Waals surface area (Å²) in [5.74, 6) is 0. The molecule has 31 heavy (non-hydrogen) atoms. The van der Waals surface area contributed by atoms with Crippen LogP contribution in [0.1, 0.15) is 75.5 Å². The molecule has 0 saturated heterocycles. The molecule has 0 aliphatic rings. The van der Waals surface area contributed by atoms with Crippen molar-refractivity contribution in [2.75, 3.05) is 13.1 Å². The molecule has 2 aromatic rings. The highest BCUT2D eigenvalue weighted by Gasteiger charge is 2.25. The van der Waals surface area contributed by atoms with Gasteiger partial charge in [0.2, 0.25) is 0 Å². The molecule has 4 N–H and O–H groups in total. The van der Waals surface area contributed by atoms with Crippen molar-refractivity contribution in [3.8, 4) is 6.07 Å². The number of pyridine rings is 2. The van der Waals surface area contributed by atoms with Crippen LogP contribution in [0, 0.1) is 18.3 Å². The zero-order valence-electron chi connectivity index (χ0n) is 19.2. The largest absolute Gasteiger partial charge is 0.385 e. The molecule has 0 radical (unpaired) electrons. The Morgan fingerprint density at radius 2 is 1.35 bits per heavy atom. The lowest BCUT2D eigenvalue weighted by atomic mass is 9.89. The van der Waals surface area contributed by atoms with Gasteiger partial charge in [0.25, 0.3) is 0 Å². The third-order valence-corrected chi connectivity index (χ3v) is 5.40. The number of β-amino-alcohol motifs (C(OH)–C–C–N with tert-alkyl or cyclic N) is 2. The van der Waals surface area contributed by atoms with Gasteiger partial charge in [0.15, 0.2) is 0 Å². The number of hydrogen-bond donors (Lipinski definition) is 4. The second kappa shape index (κ2) is 10.8. The first kappa shape index (κ1) is 24.9. The SMILES string of the molecule is Cc1cccc(C(O)CNC(C)(C)CCC(C)(C)NC[C@@H](O)c2cccc(C#N)n2)n1. The summed E-state index contributed by atoms with van der Waals surface area (Å²) in [6, 6.07) is 12.7. The summed E-state index contributed by atoms with van der Waals surface area (Å²) >= 11 is 0. The first-order valence-corrected chi connectivity index (χ1v) is 10.7. The molecule has 0 aromatic carbocycles. The van der Waals surface area contributed by atoms with Crippen LogP contribution in [-0.2, 0) is 0 Å². The van der Waals surface area contributed by atoms with Crippen molar-refractivity contribution in [2.45, 2.75) is 70.7 Å². The molecule has 2 rings (SSSR count). The summed E-state index contributed by atoms with van der Waals surface area (Å²) < 4.78 is 0. The predicted octanol–water partition coefficient (Wildman–Crippen LogP) is 2.94. The Kier molecular flexibility index (Phi) is 8.66. The highest BCUT2D eigenvalue weighted by molar-refractivity contribution is 5.23. The standard InChI is InChI=1S/C24H35N5O2/c1-17-8-6-10-19(28-17)21(30)15-26-23(2,3)12-13-24(4,5)27-16-22(31)20-11-7-9-18(14-25)29-20/h6-11,21-22,26-27,30-31H,12-13,15-16H2,1-5H3/t21?,22-/m1/s1. The predicted molar refractivity (Wildman–Crippen MR) is 121 cm³/mol. The van der Waals surface area contributed by atoms with Crippen LogP contribution in [0.2, 0.25) is 0 Å². The minimum atomic E-state index is -0.782. The smallest absolute Gasteiger partial charge is 0.140 e. The molecule has 0 amide bonds. The lowest BCUT2D eigenvalue weighted by Crippen LogP contribution is -2.46. The van der Waals surface area contributed by atoms with E-state index in [0.29, 0.717) is 30.2 Å². The van der Waals surface area contributed by atoms with Crippen LogP contribution in [0.4, 0.5) is 0 Å². The van der Waals surface area contributed by atoms with Gasteiger partial charge in [0.05, 0.1) is 11.4 Å². The molecule has 0 saturated carbocycles. The molecule has 1 unspecified atom stereocenters. The zero-order valence-corrected chi connectivity index (χ0v) is 19.2. The van der Waals surface area contributed by atoms with Crippen LogP contribution in [0.15, 0.2) is 36.4 Å². The quantitative estimate of drug-likeness (QED) is 0.438. The van der Waals surface area contributed by atoms with E-state index in [-0.39, 0.29) is 11.1 Å². The molecule has 2 atom stereocenters. The van der Waals surface area contributed by atoms with E-state index < -0.39 is 12.2 Å². The number of aryl methyl sites for hydroxylation is 1. The Morgan fingerprint density at radius 3 is 1.84 bits per heavy atom. The number of aliphatic hydroxyl groups is 2. The lowest BCUT2D eigenvalue weighted by molar-refractivity contribution is 0.144. The fourth-order valence-corrected chi connectivity index (χ4v) is 3.21. The van der Waals surface area contributed by atoms with Crippen molar-refractivity contribution in [3.05, 3.63) is 59.2 Å². The number of nitriles is 1. The molecule has 7 heteroatoms. The van der Waals surface area contributed by atoms with Gasteiger partial charge in [-0.15, -0.1) is 0 Å². The van der Waals surface area contributed by atoms with E-state index in [1.807, 2.05) is 31.2 Å². The second-order valence-electron chi connectivity index (χ2n) is 9.32. The van der Waals surface area contributed by atoms with Crippen LogP contribution >= 0.6 is 0 Å². The number of nitrogens with one attached hydrogen (secondary N) is 2. The van der Waals surface area contributed by atoms with Crippen molar-refractivity contribution in [1.82, 2.24) is 20.6 Å². The summed E-state index contributed by atoms with van der Waals surface area (Å²) in [5, 5.41) is 36.7. The van der Waals surface area contributed by atoms with E-state index >= 15 is 0 Å². The summed E-state index contributed by atoms with van der Waals surface area (Å²) in [6.07, 6.45) is 0.302. The van der Waals surface area contributed by atoms with E-state index in [1.54, 1.807) is 18.2 Å². The molecule has 168 valence electrons. The van der Waals surface area contributed by atoms with E-state index in [9.17, 15) is 10.2 Å². The Bertz CT molecular complexity index is 892. The van der Waals surface area contributed by atoms with Gasteiger partial charge in [0, 0.05) is 29.9 Å². The van der Waals surface area contributed by atoms with Crippen molar-refractivity contribution in [1.29, 1.82) is 5.26 Å². The number of hydrogen-bond acceptors (Lipinski definition) is 7. The molecule has 0 bridgehead atoms. The van der Waals surface area contributed by atoms with Crippen molar-refractivity contribution in [2.24, 2.45) is 0 Å². The molecule has 0 fully saturated rings. The average Bonchev–Trinajstić information content (AvgIpc) is 2.75. The van der Waals surface area contributed by atoms with Gasteiger partial charge in [-0.25, -0.2) is 4.98 Å². The Labute approximate surface area is 185 Å². The Balaban J connectivity index is 1.81. The van der Waals surface area contributed by atoms with Gasteiger partial charge in [-0.1, -0.05) is 12.1 Å². The molecule has 7 nitrogen and oxygen atoms in total. The molecule has 2 heterocycles. The van der Waals surface area contributed by atoms with Gasteiger partial charge < -0.3 is 20.8 Å². The van der Waals surface area contributed by atoms with Crippen molar-refractivity contribution in [3.63, 3.8) is 0 Å². The maximum Gasteiger partial charge on any atom is 0.140 e. The van der Waals surface area contributed by atoms with Crippen molar-refractivity contribution < 1.29 is 10.2 Å². The van der Waals surface area contributed by atoms with E-state index in [2.05, 4.69) is 48.3 Å². The second-order valence-corrected chi connectivity index (χ2v) is 9.32. The van der Waals surface area contributed by atoms with Gasteiger partial charge in [0.1, 0.15) is 24.0 Å². The molecular weight excluding hydrogens is 390 g/mol. The average molecular weight is 426 g/mol. The number of aliphatic hydroxyl groups excluding tert-OH is 2. The van der Waals surface area contributed by atoms with Crippen LogP contribution in [0.5, 0.6) is 0 Å². The lowest BCUT2D eigenvalue weighted by Gasteiger charge is -2.34. The fourth-order valence-electron chi connectivity index (χ4n) is 3.21. The van der Waals surface area contributed by atoms with Crippen LogP contribution < -0.4 is 10.6 Å². The number of aromatic nitrogens is 2. The van der Waals surface area contributed by atoms with Gasteiger partial charge in [-0.3, -0.25) is 4.98 Å². The first-order chi connectivity index (χ1) is 14.5. The van der Waals surface area contributed by atoms with Crippen LogP contribution in [-0.4, -0.2) is 44.3 Å². The van der Waals surface area contributed by atoms with Crippen molar-refractivity contribution >= 4 is 0 Å². The summed E-state index contributed by atoms with van der Waals surface area (Å²) in [5.41, 5.74) is 1.97. The molecular formula is C24H35N5O2. The van der Waals surface area contributed by atoms with E-state index in [1.165, 1.54) is 0 Å². The van der Waals surface area contributed by atoms with Crippen LogP contribution in [0.25, 0.3) is 0 Å². The summed E-state index contributed by atoms with van der Waals surface area (Å²) in [6.45, 7) is 11.1. The zero-order chi connectivity index (χ0) is 23.1. The minimum Gasteiger partial charge on any atom is -0.385 e. The van der Waals surface area contributed by atoms with E-state index in [4.69, 9.17) is 5.26 Å². The Hall–Kier alpha value is -2.37. The van der Waals surface area contributed by atoms with Gasteiger partial charge in [-0.2, -0.15) is 5.26 Å². The third kappa shape index (κ3) is 8.35. The van der Waals surface area contributed by atoms with Gasteiger partial charge >= 0.3 is 0 Å². The molecule has 0 aliphatic carbocycles. The maximum atomic E-state index is 10.4. The maximum absolute atomic E-state index is 10.4. The highest BCUT2D eigenvalue weighted by atomic mass is 16.3. The minimum absolute atomic E-state index is 0.176. The summed E-state index contributed by atoms with van der Waals surface area (Å²) in [4.78, 5) is 8.55. The number of nitrogens with zero attached hydrogens (tertiary/aromatic N) is 3. The third-order valence-electron chi connectivity index (χ3n) is 5.40. The molecule has 0 spiro atoms. The first-order valence-electron chi connectivity index (χ1n) is 10.7. The fraction of sp³-hybridized carbons (Fsp3) is 0.542. The topological polar surface area (TPSA) is 114 Å². The van der Waals surface area contributed by atoms with Crippen LogP contribution in [0.3, 0.4) is 0 Å².